The van der Waals surface area contributed by atoms with Gasteiger partial charge in [-0.15, -0.1) is 0 Å². The fourth-order valence-electron chi connectivity index (χ4n) is 6.85. The van der Waals surface area contributed by atoms with Crippen LogP contribution in [0.4, 0.5) is 0 Å². The number of rotatable bonds is 20. The van der Waals surface area contributed by atoms with E-state index in [1.54, 1.807) is 0 Å². The lowest BCUT2D eigenvalue weighted by Gasteiger charge is -2.24. The Morgan fingerprint density at radius 2 is 0.500 bits per heavy atom. The van der Waals surface area contributed by atoms with E-state index < -0.39 is 0 Å². The van der Waals surface area contributed by atoms with Gasteiger partial charge in [-0.05, 0) is 211 Å². The minimum atomic E-state index is 0.443. The molecule has 5 rings (SSSR count). The van der Waals surface area contributed by atoms with Crippen molar-refractivity contribution in [2.75, 3.05) is 79.3 Å². The van der Waals surface area contributed by atoms with Crippen LogP contribution in [0, 0.1) is 14.3 Å². The van der Waals surface area contributed by atoms with Gasteiger partial charge < -0.3 is 37.9 Å². The second-order valence-electron chi connectivity index (χ2n) is 13.1. The third-order valence-electron chi connectivity index (χ3n) is 9.07. The Bertz CT molecular complexity index is 1520. The highest BCUT2D eigenvalue weighted by atomic mass is 127. The van der Waals surface area contributed by atoms with E-state index in [1.807, 2.05) is 27.7 Å². The predicted octanol–water partition coefficient (Wildman–Crippen LogP) is 10.4. The average molecular weight is 1220 g/mol. The molecular formula is C44H52I4O8. The highest BCUT2D eigenvalue weighted by Crippen LogP contribution is 2.41. The summed E-state index contributed by atoms with van der Waals surface area (Å²) >= 11 is 9.75. The molecule has 0 aromatic heterocycles. The fourth-order valence-corrected chi connectivity index (χ4v) is 9.86. The van der Waals surface area contributed by atoms with Crippen LogP contribution < -0.4 is 18.9 Å². The highest BCUT2D eigenvalue weighted by molar-refractivity contribution is 14.1. The summed E-state index contributed by atoms with van der Waals surface area (Å²) < 4.78 is 54.4. The molecule has 0 saturated carbocycles. The van der Waals surface area contributed by atoms with E-state index in [2.05, 4.69) is 139 Å². The van der Waals surface area contributed by atoms with E-state index in [-0.39, 0.29) is 0 Å². The molecule has 304 valence electrons. The lowest BCUT2D eigenvalue weighted by atomic mass is 9.91. The van der Waals surface area contributed by atoms with Gasteiger partial charge in [0.2, 0.25) is 0 Å². The van der Waals surface area contributed by atoms with Crippen LogP contribution in [0.1, 0.15) is 72.2 Å². The first kappa shape index (κ1) is 45.9. The molecule has 0 amide bonds. The molecule has 0 saturated heterocycles. The Morgan fingerprint density at radius 3 is 0.661 bits per heavy atom. The van der Waals surface area contributed by atoms with E-state index in [1.165, 1.54) is 0 Å². The van der Waals surface area contributed by atoms with Crippen molar-refractivity contribution in [3.05, 3.63) is 107 Å². The normalized spacial score (nSPS) is 12.4. The predicted molar refractivity (Wildman–Crippen MR) is 256 cm³/mol. The zero-order valence-corrected chi connectivity index (χ0v) is 41.3. The van der Waals surface area contributed by atoms with Crippen molar-refractivity contribution in [2.45, 2.75) is 53.4 Å². The second kappa shape index (κ2) is 24.2. The molecular weight excluding hydrogens is 1160 g/mol. The first-order chi connectivity index (χ1) is 27.2. The minimum Gasteiger partial charge on any atom is -0.491 e. The zero-order valence-electron chi connectivity index (χ0n) is 32.7. The molecule has 0 aliphatic heterocycles. The van der Waals surface area contributed by atoms with Crippen molar-refractivity contribution in [1.29, 1.82) is 0 Å². The van der Waals surface area contributed by atoms with Crippen LogP contribution in [0.25, 0.3) is 0 Å². The van der Waals surface area contributed by atoms with Crippen LogP contribution in [0.5, 0.6) is 23.0 Å². The van der Waals surface area contributed by atoms with Gasteiger partial charge in [0.1, 0.15) is 49.4 Å². The first-order valence-corrected chi connectivity index (χ1v) is 23.6. The number of benzene rings is 4. The Hall–Kier alpha value is -1.16. The van der Waals surface area contributed by atoms with Gasteiger partial charge in [0.15, 0.2) is 0 Å². The standard InChI is InChI=1S/C44H52I4O8/c1-5-49-9-13-53-41-29-17-31-23-38(46)25-33(42(31)54-14-10-50-6-2)19-35-27-40(48)28-36(44(35)56-16-12-52-8-4)20-34-26-39(47)24-32(18-30(41)22-37(45)21-29)43(34)55-15-11-51-7-3/h21-28H,5-20H2,1-4H3. The number of fused-ring (bicyclic) bond motifs is 8. The molecule has 0 fully saturated rings. The molecule has 0 heterocycles. The monoisotopic (exact) mass is 1220 g/mol. The van der Waals surface area contributed by atoms with Crippen molar-refractivity contribution in [3.63, 3.8) is 0 Å². The summed E-state index contributed by atoms with van der Waals surface area (Å²) in [5, 5.41) is 0. The molecule has 0 spiro atoms. The SMILES string of the molecule is CCOCCOc1c2cc(I)cc1Cc1cc(I)cc(c1OCCOCC)Cc1cc(I)cc(c1OCCOCC)Cc1cc(I)cc(c1OCCOCC)C2. The molecule has 0 atom stereocenters. The van der Waals surface area contributed by atoms with Crippen molar-refractivity contribution < 1.29 is 37.9 Å². The topological polar surface area (TPSA) is 73.8 Å². The smallest absolute Gasteiger partial charge is 0.126 e. The number of hydrogen-bond acceptors (Lipinski definition) is 8. The van der Waals surface area contributed by atoms with E-state index in [0.29, 0.717) is 105 Å². The summed E-state index contributed by atoms with van der Waals surface area (Å²) in [6.07, 6.45) is 2.47. The molecule has 8 bridgehead atoms. The molecule has 0 radical (unpaired) electrons. The highest BCUT2D eigenvalue weighted by Gasteiger charge is 2.24. The van der Waals surface area contributed by atoms with Crippen LogP contribution in [0.3, 0.4) is 0 Å². The molecule has 4 aromatic rings. The quantitative estimate of drug-likeness (QED) is 0.0564. The molecule has 12 heteroatoms. The van der Waals surface area contributed by atoms with Gasteiger partial charge in [0, 0.05) is 66.4 Å². The van der Waals surface area contributed by atoms with Gasteiger partial charge in [0.05, 0.1) is 26.4 Å². The van der Waals surface area contributed by atoms with Crippen LogP contribution in [0.2, 0.25) is 0 Å². The Morgan fingerprint density at radius 1 is 0.321 bits per heavy atom. The Kier molecular flexibility index (Phi) is 19.8. The van der Waals surface area contributed by atoms with Gasteiger partial charge in [-0.25, -0.2) is 0 Å². The summed E-state index contributed by atoms with van der Waals surface area (Å²) in [6, 6.07) is 17.9. The molecule has 1 aliphatic carbocycles. The summed E-state index contributed by atoms with van der Waals surface area (Å²) in [5.74, 6) is 3.51. The number of hydrogen-bond donors (Lipinski definition) is 0. The van der Waals surface area contributed by atoms with Crippen LogP contribution >= 0.6 is 90.4 Å². The van der Waals surface area contributed by atoms with E-state index >= 15 is 0 Å². The number of ether oxygens (including phenoxy) is 8. The molecule has 4 aromatic carbocycles. The summed E-state index contributed by atoms with van der Waals surface area (Å²) in [7, 11) is 0. The molecule has 1 aliphatic rings. The fraction of sp³-hybridized carbons (Fsp3) is 0.455. The lowest BCUT2D eigenvalue weighted by molar-refractivity contribution is 0.108. The largest absolute Gasteiger partial charge is 0.491 e. The maximum absolute atomic E-state index is 6.72. The van der Waals surface area contributed by atoms with Crippen molar-refractivity contribution >= 4 is 90.4 Å². The van der Waals surface area contributed by atoms with Gasteiger partial charge in [-0.3, -0.25) is 0 Å². The number of halogens is 4. The van der Waals surface area contributed by atoms with Crippen molar-refractivity contribution in [3.8, 4) is 23.0 Å². The molecule has 0 unspecified atom stereocenters. The van der Waals surface area contributed by atoms with Gasteiger partial charge in [-0.2, -0.15) is 0 Å². The van der Waals surface area contributed by atoms with Crippen LogP contribution in [0.15, 0.2) is 48.5 Å². The minimum absolute atomic E-state index is 0.443. The lowest BCUT2D eigenvalue weighted by Crippen LogP contribution is -2.14. The Labute approximate surface area is 387 Å². The molecule has 8 nitrogen and oxygen atoms in total. The first-order valence-electron chi connectivity index (χ1n) is 19.3. The average Bonchev–Trinajstić information content (AvgIpc) is 3.15. The van der Waals surface area contributed by atoms with Gasteiger partial charge in [-0.1, -0.05) is 0 Å². The zero-order chi connectivity index (χ0) is 39.9. The molecule has 56 heavy (non-hydrogen) atoms. The molecule has 0 N–H and O–H groups in total. The van der Waals surface area contributed by atoms with E-state index in [9.17, 15) is 0 Å². The maximum Gasteiger partial charge on any atom is 0.126 e. The van der Waals surface area contributed by atoms with Crippen molar-refractivity contribution in [2.24, 2.45) is 0 Å². The summed E-state index contributed by atoms with van der Waals surface area (Å²) in [5.41, 5.74) is 8.77. The third kappa shape index (κ3) is 13.4. The van der Waals surface area contributed by atoms with E-state index in [4.69, 9.17) is 37.9 Å². The second-order valence-corrected chi connectivity index (χ2v) is 18.1. The maximum atomic E-state index is 6.72. The Balaban J connectivity index is 1.77. The van der Waals surface area contributed by atoms with Gasteiger partial charge >= 0.3 is 0 Å². The van der Waals surface area contributed by atoms with Crippen LogP contribution in [-0.4, -0.2) is 79.3 Å². The summed E-state index contributed by atoms with van der Waals surface area (Å²) in [4.78, 5) is 0. The third-order valence-corrected chi connectivity index (χ3v) is 11.6. The summed E-state index contributed by atoms with van der Waals surface area (Å²) in [6.45, 7) is 14.4. The van der Waals surface area contributed by atoms with Crippen LogP contribution in [-0.2, 0) is 44.6 Å². The van der Waals surface area contributed by atoms with Gasteiger partial charge in [0.25, 0.3) is 0 Å². The van der Waals surface area contributed by atoms with E-state index in [0.717, 1.165) is 81.8 Å². The van der Waals surface area contributed by atoms with Crippen molar-refractivity contribution in [1.82, 2.24) is 0 Å².